The Morgan fingerprint density at radius 1 is 1.30 bits per heavy atom. The van der Waals surface area contributed by atoms with E-state index in [2.05, 4.69) is 53.4 Å². The Kier molecular flexibility index (Phi) is 6.60. The van der Waals surface area contributed by atoms with E-state index in [1.54, 1.807) is 18.3 Å². The number of carbonyl (C=O) groups excluding carboxylic acids is 1. The van der Waals surface area contributed by atoms with Crippen LogP contribution in [-0.4, -0.2) is 30.6 Å². The molecule has 0 spiro atoms. The molecule has 1 aliphatic rings. The fraction of sp³-hybridized carbons (Fsp3) is 0.364. The molecular weight excluding hydrogens is 338 g/mol. The number of benzene rings is 1. The topological polar surface area (TPSA) is 63.2 Å². The van der Waals surface area contributed by atoms with Gasteiger partial charge in [-0.25, -0.2) is 4.98 Å². The first kappa shape index (κ1) is 19.1. The van der Waals surface area contributed by atoms with Gasteiger partial charge < -0.3 is 15.4 Å². The average molecular weight is 365 g/mol. The van der Waals surface area contributed by atoms with Crippen LogP contribution in [0.4, 0.5) is 5.82 Å². The monoisotopic (exact) mass is 365 g/mol. The summed E-state index contributed by atoms with van der Waals surface area (Å²) in [5.41, 5.74) is 3.03. The molecule has 1 fully saturated rings. The molecule has 5 heteroatoms. The molecule has 0 bridgehead atoms. The van der Waals surface area contributed by atoms with Gasteiger partial charge in [0.05, 0.1) is 11.7 Å². The molecule has 1 aromatic carbocycles. The molecule has 1 saturated heterocycles. The summed E-state index contributed by atoms with van der Waals surface area (Å²) in [4.78, 5) is 16.3. The smallest absolute Gasteiger partial charge is 0.253 e. The van der Waals surface area contributed by atoms with Crippen molar-refractivity contribution >= 4 is 11.7 Å². The summed E-state index contributed by atoms with van der Waals surface area (Å²) >= 11 is 0. The largest absolute Gasteiger partial charge is 0.373 e. The highest BCUT2D eigenvalue weighted by Crippen LogP contribution is 2.33. The lowest BCUT2D eigenvalue weighted by molar-refractivity contribution is -0.0238. The average Bonchev–Trinajstić information content (AvgIpc) is 2.72. The molecule has 5 nitrogen and oxygen atoms in total. The van der Waals surface area contributed by atoms with Crippen LogP contribution >= 0.6 is 0 Å². The number of ether oxygens (including phenoxy) is 1. The molecule has 0 saturated carbocycles. The summed E-state index contributed by atoms with van der Waals surface area (Å²) in [6.07, 6.45) is 5.54. The van der Waals surface area contributed by atoms with Gasteiger partial charge in [-0.05, 0) is 37.5 Å². The van der Waals surface area contributed by atoms with Gasteiger partial charge in [-0.1, -0.05) is 35.9 Å². The van der Waals surface area contributed by atoms with Crippen molar-refractivity contribution in [3.05, 3.63) is 71.9 Å². The first-order valence-corrected chi connectivity index (χ1v) is 9.44. The van der Waals surface area contributed by atoms with Gasteiger partial charge >= 0.3 is 0 Å². The van der Waals surface area contributed by atoms with Gasteiger partial charge in [0.15, 0.2) is 0 Å². The van der Waals surface area contributed by atoms with Crippen molar-refractivity contribution in [3.8, 4) is 0 Å². The number of anilines is 1. The molecule has 3 rings (SSSR count). The second-order valence-corrected chi connectivity index (χ2v) is 6.92. The van der Waals surface area contributed by atoms with Gasteiger partial charge in [0.25, 0.3) is 5.91 Å². The molecule has 2 aromatic rings. The van der Waals surface area contributed by atoms with Crippen molar-refractivity contribution in [1.29, 1.82) is 0 Å². The van der Waals surface area contributed by atoms with E-state index in [0.717, 1.165) is 31.8 Å². The first-order chi connectivity index (χ1) is 13.2. The summed E-state index contributed by atoms with van der Waals surface area (Å²) in [5, 5.41) is 6.14. The van der Waals surface area contributed by atoms with Crippen LogP contribution in [0.25, 0.3) is 0 Å². The van der Waals surface area contributed by atoms with Crippen LogP contribution in [0.1, 0.15) is 40.4 Å². The summed E-state index contributed by atoms with van der Waals surface area (Å²) < 4.78 is 6.07. The minimum Gasteiger partial charge on any atom is -0.373 e. The Balaban J connectivity index is 1.59. The van der Waals surface area contributed by atoms with Crippen molar-refractivity contribution < 1.29 is 9.53 Å². The van der Waals surface area contributed by atoms with E-state index in [1.807, 2.05) is 6.07 Å². The zero-order valence-corrected chi connectivity index (χ0v) is 15.8. The van der Waals surface area contributed by atoms with Crippen LogP contribution in [0.3, 0.4) is 0 Å². The quantitative estimate of drug-likeness (QED) is 0.731. The summed E-state index contributed by atoms with van der Waals surface area (Å²) in [6.45, 7) is 7.72. The number of nitrogens with one attached hydrogen (secondary N) is 2. The highest BCUT2D eigenvalue weighted by Gasteiger charge is 2.27. The van der Waals surface area contributed by atoms with Crippen molar-refractivity contribution in [2.45, 2.75) is 25.9 Å². The van der Waals surface area contributed by atoms with E-state index in [-0.39, 0.29) is 12.0 Å². The fourth-order valence-electron chi connectivity index (χ4n) is 3.31. The van der Waals surface area contributed by atoms with E-state index in [1.165, 1.54) is 11.1 Å². The van der Waals surface area contributed by atoms with Crippen LogP contribution in [0, 0.1) is 12.8 Å². The number of aryl methyl sites for hydroxylation is 1. The fourth-order valence-corrected chi connectivity index (χ4v) is 3.31. The van der Waals surface area contributed by atoms with E-state index in [0.29, 0.717) is 18.0 Å². The molecule has 2 heterocycles. The molecule has 1 aromatic heterocycles. The number of aromatic nitrogens is 1. The molecule has 2 unspecified atom stereocenters. The molecule has 0 radical (unpaired) electrons. The summed E-state index contributed by atoms with van der Waals surface area (Å²) in [7, 11) is 0. The van der Waals surface area contributed by atoms with E-state index >= 15 is 0 Å². The lowest BCUT2D eigenvalue weighted by Gasteiger charge is -2.32. The number of hydrogen-bond donors (Lipinski definition) is 2. The van der Waals surface area contributed by atoms with Gasteiger partial charge in [-0.2, -0.15) is 0 Å². The lowest BCUT2D eigenvalue weighted by atomic mass is 9.89. The highest BCUT2D eigenvalue weighted by atomic mass is 16.5. The highest BCUT2D eigenvalue weighted by molar-refractivity contribution is 5.94. The van der Waals surface area contributed by atoms with Gasteiger partial charge in [0.2, 0.25) is 0 Å². The molecule has 27 heavy (non-hydrogen) atoms. The van der Waals surface area contributed by atoms with Gasteiger partial charge in [-0.3, -0.25) is 4.79 Å². The zero-order valence-electron chi connectivity index (χ0n) is 15.8. The predicted octanol–water partition coefficient (Wildman–Crippen LogP) is 3.89. The number of rotatable bonds is 7. The number of nitrogens with zero attached hydrogens (tertiary/aromatic N) is 1. The minimum absolute atomic E-state index is 0.107. The molecule has 0 aliphatic carbocycles. The Morgan fingerprint density at radius 3 is 2.81 bits per heavy atom. The van der Waals surface area contributed by atoms with Crippen molar-refractivity contribution in [1.82, 2.24) is 10.3 Å². The summed E-state index contributed by atoms with van der Waals surface area (Å²) in [6, 6.07) is 12.2. The molecule has 1 aliphatic heterocycles. The molecule has 1 amide bonds. The number of amides is 1. The van der Waals surface area contributed by atoms with Gasteiger partial charge in [0, 0.05) is 31.8 Å². The second-order valence-electron chi connectivity index (χ2n) is 6.92. The third kappa shape index (κ3) is 5.17. The molecule has 2 atom stereocenters. The Hall–Kier alpha value is -2.66. The minimum atomic E-state index is -0.144. The van der Waals surface area contributed by atoms with Crippen molar-refractivity contribution in [3.63, 3.8) is 0 Å². The van der Waals surface area contributed by atoms with Crippen LogP contribution < -0.4 is 10.6 Å². The van der Waals surface area contributed by atoms with Crippen LogP contribution in [0.2, 0.25) is 0 Å². The van der Waals surface area contributed by atoms with E-state index in [9.17, 15) is 4.79 Å². The zero-order chi connectivity index (χ0) is 19.1. The number of carbonyl (C=O) groups is 1. The lowest BCUT2D eigenvalue weighted by Crippen LogP contribution is -2.28. The normalized spacial score (nSPS) is 19.3. The molecule has 142 valence electrons. The molecular formula is C22H27N3O2. The van der Waals surface area contributed by atoms with Gasteiger partial charge in [0.1, 0.15) is 5.82 Å². The number of hydrogen-bond acceptors (Lipinski definition) is 4. The van der Waals surface area contributed by atoms with E-state index < -0.39 is 0 Å². The van der Waals surface area contributed by atoms with Gasteiger partial charge in [-0.15, -0.1) is 6.58 Å². The Labute approximate surface area is 160 Å². The maximum atomic E-state index is 11.9. The van der Waals surface area contributed by atoms with Crippen LogP contribution in [0.15, 0.2) is 55.3 Å². The Morgan fingerprint density at radius 2 is 2.11 bits per heavy atom. The summed E-state index contributed by atoms with van der Waals surface area (Å²) in [5.74, 6) is 1.01. The second kappa shape index (κ2) is 9.33. The van der Waals surface area contributed by atoms with Crippen molar-refractivity contribution in [2.24, 2.45) is 5.92 Å². The maximum absolute atomic E-state index is 11.9. The number of pyridine rings is 1. The first-order valence-electron chi connectivity index (χ1n) is 9.44. The standard InChI is InChI=1S/C22H27N3O2/c1-3-12-23-22(26)19-10-11-20(25-15-19)24-14-18-5-4-13-27-21(18)17-8-6-16(2)7-9-17/h3,6-11,15,18,21H,1,4-5,12-14H2,2H3,(H,23,26)(H,24,25). The van der Waals surface area contributed by atoms with E-state index in [4.69, 9.17) is 4.74 Å². The Bertz CT molecular complexity index is 756. The molecule has 2 N–H and O–H groups in total. The third-order valence-corrected chi connectivity index (χ3v) is 4.83. The van der Waals surface area contributed by atoms with Crippen molar-refractivity contribution in [2.75, 3.05) is 25.0 Å². The third-order valence-electron chi connectivity index (χ3n) is 4.83. The SMILES string of the molecule is C=CCNC(=O)c1ccc(NCC2CCCOC2c2ccc(C)cc2)nc1. The van der Waals surface area contributed by atoms with Crippen LogP contribution in [-0.2, 0) is 4.74 Å². The maximum Gasteiger partial charge on any atom is 0.253 e. The predicted molar refractivity (Wildman–Crippen MR) is 108 cm³/mol. The van der Waals surface area contributed by atoms with Crippen LogP contribution in [0.5, 0.6) is 0 Å².